The van der Waals surface area contributed by atoms with E-state index in [0.717, 1.165) is 18.4 Å². The Morgan fingerprint density at radius 2 is 2.00 bits per heavy atom. The van der Waals surface area contributed by atoms with E-state index in [1.165, 1.54) is 18.9 Å². The van der Waals surface area contributed by atoms with Gasteiger partial charge in [-0.3, -0.25) is 0 Å². The van der Waals surface area contributed by atoms with Crippen molar-refractivity contribution in [2.24, 2.45) is 5.92 Å². The Balaban J connectivity index is 2.29. The van der Waals surface area contributed by atoms with Crippen LogP contribution in [0.25, 0.3) is 6.08 Å². The second kappa shape index (κ2) is 5.13. The average molecular weight is 248 g/mol. The summed E-state index contributed by atoms with van der Waals surface area (Å²) >= 11 is 0. The van der Waals surface area contributed by atoms with E-state index >= 15 is 0 Å². The van der Waals surface area contributed by atoms with E-state index in [2.05, 4.69) is 20.4 Å². The largest absolute Gasteiger partial charge is 0.484 e. The van der Waals surface area contributed by atoms with Crippen molar-refractivity contribution in [1.29, 1.82) is 0 Å². The van der Waals surface area contributed by atoms with Crippen LogP contribution in [0.5, 0.6) is 5.75 Å². The van der Waals surface area contributed by atoms with Crippen molar-refractivity contribution in [3.63, 3.8) is 0 Å². The summed E-state index contributed by atoms with van der Waals surface area (Å²) in [5.41, 5.74) is 0.698. The van der Waals surface area contributed by atoms with E-state index in [-0.39, 0.29) is 11.4 Å². The highest BCUT2D eigenvalue weighted by Crippen LogP contribution is 2.40. The number of benzene rings is 1. The minimum absolute atomic E-state index is 0.194. The highest BCUT2D eigenvalue weighted by atomic mass is 19.1. The summed E-state index contributed by atoms with van der Waals surface area (Å²) in [6, 6.07) is 4.91. The molecule has 1 nitrogen and oxygen atoms in total. The first-order chi connectivity index (χ1) is 8.57. The Kier molecular flexibility index (Phi) is 3.74. The summed E-state index contributed by atoms with van der Waals surface area (Å²) in [4.78, 5) is 0. The SMILES string of the molecule is C=Cc1ccc(F)c(OC2(C(C)C)CCCC2)c1. The third-order valence-corrected chi connectivity index (χ3v) is 4.01. The highest BCUT2D eigenvalue weighted by molar-refractivity contribution is 5.50. The van der Waals surface area contributed by atoms with Crippen LogP contribution in [0.3, 0.4) is 0 Å². The number of rotatable bonds is 4. The molecule has 18 heavy (non-hydrogen) atoms. The molecule has 0 atom stereocenters. The maximum Gasteiger partial charge on any atom is 0.165 e. The van der Waals surface area contributed by atoms with Crippen LogP contribution in [0.2, 0.25) is 0 Å². The lowest BCUT2D eigenvalue weighted by Crippen LogP contribution is -2.38. The van der Waals surface area contributed by atoms with Gasteiger partial charge in [0.05, 0.1) is 0 Å². The first-order valence-electron chi connectivity index (χ1n) is 6.68. The molecule has 0 spiro atoms. The fourth-order valence-electron chi connectivity index (χ4n) is 2.71. The predicted octanol–water partition coefficient (Wildman–Crippen LogP) is 4.82. The summed E-state index contributed by atoms with van der Waals surface area (Å²) in [6.07, 6.45) is 6.08. The van der Waals surface area contributed by atoms with Gasteiger partial charge in [-0.25, -0.2) is 4.39 Å². The molecule has 0 aromatic heterocycles. The van der Waals surface area contributed by atoms with Gasteiger partial charge in [0.15, 0.2) is 11.6 Å². The average Bonchev–Trinajstić information content (AvgIpc) is 2.82. The standard InChI is InChI=1S/C16H21FO/c1-4-13-7-8-14(17)15(11-13)18-16(12(2)3)9-5-6-10-16/h4,7-8,11-12H,1,5-6,9-10H2,2-3H3. The minimum atomic E-state index is -0.285. The van der Waals surface area contributed by atoms with Crippen molar-refractivity contribution in [1.82, 2.24) is 0 Å². The molecule has 2 rings (SSSR count). The molecule has 0 aliphatic heterocycles. The highest BCUT2D eigenvalue weighted by Gasteiger charge is 2.39. The van der Waals surface area contributed by atoms with Gasteiger partial charge in [0, 0.05) is 0 Å². The number of ether oxygens (including phenoxy) is 1. The smallest absolute Gasteiger partial charge is 0.165 e. The van der Waals surface area contributed by atoms with Gasteiger partial charge in [-0.2, -0.15) is 0 Å². The van der Waals surface area contributed by atoms with Gasteiger partial charge < -0.3 is 4.74 Å². The van der Waals surface area contributed by atoms with Gasteiger partial charge in [-0.05, 0) is 49.3 Å². The Labute approximate surface area is 109 Å². The van der Waals surface area contributed by atoms with Crippen LogP contribution in [-0.4, -0.2) is 5.60 Å². The van der Waals surface area contributed by atoms with E-state index in [1.54, 1.807) is 18.2 Å². The molecule has 98 valence electrons. The molecular formula is C16H21FO. The molecule has 1 saturated carbocycles. The van der Waals surface area contributed by atoms with Crippen molar-refractivity contribution in [3.8, 4) is 5.75 Å². The summed E-state index contributed by atoms with van der Waals surface area (Å²) in [5.74, 6) is 0.474. The summed E-state index contributed by atoms with van der Waals surface area (Å²) in [6.45, 7) is 8.01. The van der Waals surface area contributed by atoms with E-state index in [4.69, 9.17) is 4.74 Å². The summed E-state index contributed by atoms with van der Waals surface area (Å²) in [5, 5.41) is 0. The van der Waals surface area contributed by atoms with Crippen molar-refractivity contribution in [2.45, 2.75) is 45.1 Å². The number of halogens is 1. The monoisotopic (exact) mass is 248 g/mol. The fraction of sp³-hybridized carbons (Fsp3) is 0.500. The van der Waals surface area contributed by atoms with E-state index in [1.807, 2.05) is 0 Å². The quantitative estimate of drug-likeness (QED) is 0.742. The van der Waals surface area contributed by atoms with Crippen LogP contribution in [-0.2, 0) is 0 Å². The predicted molar refractivity (Wildman–Crippen MR) is 73.2 cm³/mol. The maximum atomic E-state index is 13.8. The minimum Gasteiger partial charge on any atom is -0.484 e. The van der Waals surface area contributed by atoms with Crippen molar-refractivity contribution >= 4 is 6.08 Å². The maximum absolute atomic E-state index is 13.8. The Morgan fingerprint density at radius 1 is 1.33 bits per heavy atom. The molecule has 1 aliphatic rings. The van der Waals surface area contributed by atoms with Crippen molar-refractivity contribution < 1.29 is 9.13 Å². The fourth-order valence-corrected chi connectivity index (χ4v) is 2.71. The van der Waals surface area contributed by atoms with Gasteiger partial charge >= 0.3 is 0 Å². The summed E-state index contributed by atoms with van der Waals surface area (Å²) in [7, 11) is 0. The molecule has 0 radical (unpaired) electrons. The normalized spacial score (nSPS) is 18.0. The van der Waals surface area contributed by atoms with Crippen LogP contribution >= 0.6 is 0 Å². The lowest BCUT2D eigenvalue weighted by molar-refractivity contribution is 0.0251. The molecule has 1 aromatic rings. The van der Waals surface area contributed by atoms with Gasteiger partial charge in [0.2, 0.25) is 0 Å². The van der Waals surface area contributed by atoms with Crippen LogP contribution in [0.1, 0.15) is 45.1 Å². The van der Waals surface area contributed by atoms with E-state index < -0.39 is 0 Å². The first kappa shape index (κ1) is 13.1. The molecule has 1 aliphatic carbocycles. The molecule has 0 bridgehead atoms. The molecule has 1 aromatic carbocycles. The molecule has 0 saturated heterocycles. The first-order valence-corrected chi connectivity index (χ1v) is 6.68. The third-order valence-electron chi connectivity index (χ3n) is 4.01. The third kappa shape index (κ3) is 2.43. The van der Waals surface area contributed by atoms with Gasteiger partial charge in [-0.1, -0.05) is 32.6 Å². The Hall–Kier alpha value is -1.31. The van der Waals surface area contributed by atoms with Crippen molar-refractivity contribution in [3.05, 3.63) is 36.2 Å². The zero-order chi connectivity index (χ0) is 13.2. The zero-order valence-corrected chi connectivity index (χ0v) is 11.2. The number of hydrogen-bond donors (Lipinski definition) is 0. The van der Waals surface area contributed by atoms with Gasteiger partial charge in [0.25, 0.3) is 0 Å². The summed E-state index contributed by atoms with van der Waals surface area (Å²) < 4.78 is 19.9. The van der Waals surface area contributed by atoms with Crippen molar-refractivity contribution in [2.75, 3.05) is 0 Å². The molecule has 0 N–H and O–H groups in total. The zero-order valence-electron chi connectivity index (χ0n) is 11.2. The Morgan fingerprint density at radius 3 is 2.56 bits per heavy atom. The molecule has 0 heterocycles. The Bertz CT molecular complexity index is 431. The molecule has 1 fully saturated rings. The topological polar surface area (TPSA) is 9.23 Å². The molecule has 2 heteroatoms. The van der Waals surface area contributed by atoms with Crippen LogP contribution < -0.4 is 4.74 Å². The lowest BCUT2D eigenvalue weighted by atomic mass is 9.88. The van der Waals surface area contributed by atoms with E-state index in [9.17, 15) is 4.39 Å². The second-order valence-corrected chi connectivity index (χ2v) is 5.42. The number of hydrogen-bond acceptors (Lipinski definition) is 1. The molecule has 0 amide bonds. The lowest BCUT2D eigenvalue weighted by Gasteiger charge is -2.34. The van der Waals surface area contributed by atoms with Gasteiger partial charge in [0.1, 0.15) is 5.60 Å². The van der Waals surface area contributed by atoms with E-state index in [0.29, 0.717) is 11.7 Å². The van der Waals surface area contributed by atoms with Crippen LogP contribution in [0.15, 0.2) is 24.8 Å². The molecule has 0 unspecified atom stereocenters. The molecular weight excluding hydrogens is 227 g/mol. The van der Waals surface area contributed by atoms with Crippen LogP contribution in [0, 0.1) is 11.7 Å². The van der Waals surface area contributed by atoms with Gasteiger partial charge in [-0.15, -0.1) is 0 Å². The van der Waals surface area contributed by atoms with Crippen LogP contribution in [0.4, 0.5) is 4.39 Å². The second-order valence-electron chi connectivity index (χ2n) is 5.42.